The molecule has 5 rings (SSSR count). The van der Waals surface area contributed by atoms with Crippen LogP contribution in [0.1, 0.15) is 38.9 Å². The molecule has 0 radical (unpaired) electrons. The summed E-state index contributed by atoms with van der Waals surface area (Å²) in [5, 5.41) is 4.85. The van der Waals surface area contributed by atoms with Crippen molar-refractivity contribution >= 4 is 29.1 Å². The lowest BCUT2D eigenvalue weighted by Crippen LogP contribution is -2.41. The molecular weight excluding hydrogens is 518 g/mol. The second-order valence-electron chi connectivity index (χ2n) is 8.67. The van der Waals surface area contributed by atoms with Crippen molar-refractivity contribution in [3.63, 3.8) is 0 Å². The SMILES string of the molecule is COc1cc2c(cc1OC)[C@H](c1ccc(F)cc1)N(C(=O)c1c(-c3c(Cl)cccc3Cl)noc1C)CC2. The van der Waals surface area contributed by atoms with Crippen molar-refractivity contribution in [1.82, 2.24) is 10.1 Å². The van der Waals surface area contributed by atoms with Crippen LogP contribution in [0.4, 0.5) is 4.39 Å². The van der Waals surface area contributed by atoms with E-state index in [1.165, 1.54) is 12.1 Å². The average Bonchev–Trinajstić information content (AvgIpc) is 3.27. The van der Waals surface area contributed by atoms with Crippen molar-refractivity contribution in [3.8, 4) is 22.8 Å². The molecule has 190 valence electrons. The summed E-state index contributed by atoms with van der Waals surface area (Å²) >= 11 is 12.9. The zero-order valence-electron chi connectivity index (χ0n) is 20.3. The number of aromatic nitrogens is 1. The van der Waals surface area contributed by atoms with Crippen LogP contribution < -0.4 is 9.47 Å². The first kappa shape index (κ1) is 25.1. The van der Waals surface area contributed by atoms with E-state index in [0.29, 0.717) is 45.8 Å². The minimum absolute atomic E-state index is 0.269. The zero-order chi connectivity index (χ0) is 26.3. The summed E-state index contributed by atoms with van der Waals surface area (Å²) in [6.45, 7) is 2.07. The van der Waals surface area contributed by atoms with Gasteiger partial charge >= 0.3 is 0 Å². The number of aryl methyl sites for hydroxylation is 1. The molecule has 0 unspecified atom stereocenters. The van der Waals surface area contributed by atoms with Crippen LogP contribution in [0, 0.1) is 12.7 Å². The van der Waals surface area contributed by atoms with Gasteiger partial charge < -0.3 is 18.9 Å². The van der Waals surface area contributed by atoms with Gasteiger partial charge in [0.1, 0.15) is 22.8 Å². The quantitative estimate of drug-likeness (QED) is 0.275. The number of hydrogen-bond acceptors (Lipinski definition) is 5. The van der Waals surface area contributed by atoms with Gasteiger partial charge in [-0.2, -0.15) is 0 Å². The van der Waals surface area contributed by atoms with Gasteiger partial charge in [0.25, 0.3) is 5.91 Å². The third-order valence-corrected chi connectivity index (χ3v) is 7.23. The largest absolute Gasteiger partial charge is 0.493 e. The number of carbonyl (C=O) groups excluding carboxylic acids is 1. The number of fused-ring (bicyclic) bond motifs is 1. The van der Waals surface area contributed by atoms with Crippen molar-refractivity contribution in [3.05, 3.63) is 98.5 Å². The summed E-state index contributed by atoms with van der Waals surface area (Å²) in [5.41, 5.74) is 3.57. The number of carbonyl (C=O) groups is 1. The van der Waals surface area contributed by atoms with E-state index in [-0.39, 0.29) is 23.0 Å². The van der Waals surface area contributed by atoms with Gasteiger partial charge in [0.15, 0.2) is 11.5 Å². The molecule has 6 nitrogen and oxygen atoms in total. The first-order valence-corrected chi connectivity index (χ1v) is 12.3. The van der Waals surface area contributed by atoms with Crippen molar-refractivity contribution < 1.29 is 23.2 Å². The fraction of sp³-hybridized carbons (Fsp3) is 0.214. The molecule has 2 heterocycles. The number of amides is 1. The molecule has 0 N–H and O–H groups in total. The first-order valence-electron chi connectivity index (χ1n) is 11.6. The topological polar surface area (TPSA) is 64.8 Å². The van der Waals surface area contributed by atoms with Crippen molar-refractivity contribution in [1.29, 1.82) is 0 Å². The Morgan fingerprint density at radius 3 is 2.35 bits per heavy atom. The lowest BCUT2D eigenvalue weighted by atomic mass is 9.87. The van der Waals surface area contributed by atoms with Crippen LogP contribution in [0.3, 0.4) is 0 Å². The lowest BCUT2D eigenvalue weighted by Gasteiger charge is -2.38. The van der Waals surface area contributed by atoms with E-state index in [9.17, 15) is 9.18 Å². The molecule has 0 bridgehead atoms. The zero-order valence-corrected chi connectivity index (χ0v) is 21.9. The number of halogens is 3. The summed E-state index contributed by atoms with van der Waals surface area (Å²) in [4.78, 5) is 16.0. The van der Waals surface area contributed by atoms with E-state index < -0.39 is 6.04 Å². The van der Waals surface area contributed by atoms with Crippen LogP contribution in [0.5, 0.6) is 11.5 Å². The molecule has 1 aromatic heterocycles. The predicted octanol–water partition coefficient (Wildman–Crippen LogP) is 6.90. The second kappa shape index (κ2) is 10.1. The fourth-order valence-corrected chi connectivity index (χ4v) is 5.41. The second-order valence-corrected chi connectivity index (χ2v) is 9.48. The Balaban J connectivity index is 1.67. The normalized spacial score (nSPS) is 14.9. The van der Waals surface area contributed by atoms with Crippen LogP contribution in [-0.2, 0) is 6.42 Å². The molecule has 0 aliphatic carbocycles. The van der Waals surface area contributed by atoms with Gasteiger partial charge in [0.2, 0.25) is 0 Å². The maximum Gasteiger partial charge on any atom is 0.260 e. The van der Waals surface area contributed by atoms with E-state index in [2.05, 4.69) is 5.16 Å². The predicted molar refractivity (Wildman–Crippen MR) is 139 cm³/mol. The van der Waals surface area contributed by atoms with E-state index >= 15 is 0 Å². The third-order valence-electron chi connectivity index (χ3n) is 6.60. The molecule has 3 aromatic carbocycles. The van der Waals surface area contributed by atoms with Gasteiger partial charge in [0.05, 0.1) is 30.3 Å². The van der Waals surface area contributed by atoms with Crippen LogP contribution in [-0.4, -0.2) is 36.7 Å². The summed E-state index contributed by atoms with van der Waals surface area (Å²) < 4.78 is 30.4. The van der Waals surface area contributed by atoms with Crippen molar-refractivity contribution in [2.45, 2.75) is 19.4 Å². The summed E-state index contributed by atoms with van der Waals surface area (Å²) in [6.07, 6.45) is 0.575. The molecule has 0 spiro atoms. The molecule has 1 aliphatic rings. The van der Waals surface area contributed by atoms with E-state index in [1.807, 2.05) is 12.1 Å². The molecule has 1 amide bonds. The maximum atomic E-state index is 14.2. The number of ether oxygens (including phenoxy) is 2. The minimum atomic E-state index is -0.527. The molecule has 4 aromatic rings. The number of hydrogen-bond donors (Lipinski definition) is 0. The minimum Gasteiger partial charge on any atom is -0.493 e. The molecule has 0 saturated heterocycles. The fourth-order valence-electron chi connectivity index (χ4n) is 4.83. The Morgan fingerprint density at radius 2 is 1.70 bits per heavy atom. The standard InChI is InChI=1S/C28H23Cl2FN2O4/c1-15-24(26(32-37-15)25-20(29)5-4-6-21(25)30)28(34)33-12-11-17-13-22(35-2)23(36-3)14-19(17)27(33)16-7-9-18(31)10-8-16/h4-10,13-14,27H,11-12H2,1-3H3/t27-/m0/s1. The number of nitrogens with zero attached hydrogens (tertiary/aromatic N) is 2. The number of benzene rings is 3. The summed E-state index contributed by atoms with van der Waals surface area (Å²) in [7, 11) is 3.14. The van der Waals surface area contributed by atoms with E-state index in [1.54, 1.807) is 56.4 Å². The van der Waals surface area contributed by atoms with Crippen LogP contribution in [0.2, 0.25) is 10.0 Å². The summed E-state index contributed by atoms with van der Waals surface area (Å²) in [6, 6.07) is 14.5. The van der Waals surface area contributed by atoms with Gasteiger partial charge in [-0.15, -0.1) is 0 Å². The first-order chi connectivity index (χ1) is 17.8. The molecule has 0 fully saturated rings. The van der Waals surface area contributed by atoms with Crippen molar-refractivity contribution in [2.75, 3.05) is 20.8 Å². The van der Waals surface area contributed by atoms with Gasteiger partial charge in [-0.1, -0.05) is 46.6 Å². The highest BCUT2D eigenvalue weighted by atomic mass is 35.5. The Hall–Kier alpha value is -3.55. The van der Waals surface area contributed by atoms with E-state index in [4.69, 9.17) is 37.2 Å². The molecular formula is C28H23Cl2FN2O4. The van der Waals surface area contributed by atoms with Gasteiger partial charge in [0, 0.05) is 12.1 Å². The van der Waals surface area contributed by atoms with Gasteiger partial charge in [-0.3, -0.25) is 4.79 Å². The van der Waals surface area contributed by atoms with Gasteiger partial charge in [-0.25, -0.2) is 4.39 Å². The molecule has 1 atom stereocenters. The van der Waals surface area contributed by atoms with Gasteiger partial charge in [-0.05, 0) is 66.4 Å². The van der Waals surface area contributed by atoms with Crippen LogP contribution in [0.25, 0.3) is 11.3 Å². The van der Waals surface area contributed by atoms with Crippen LogP contribution >= 0.6 is 23.2 Å². The lowest BCUT2D eigenvalue weighted by molar-refractivity contribution is 0.0693. The van der Waals surface area contributed by atoms with Crippen LogP contribution in [0.15, 0.2) is 59.1 Å². The Bertz CT molecular complexity index is 1470. The van der Waals surface area contributed by atoms with E-state index in [0.717, 1.165) is 16.7 Å². The Labute approximate surface area is 223 Å². The Kier molecular flexibility index (Phi) is 6.84. The average molecular weight is 541 g/mol. The molecule has 0 saturated carbocycles. The number of rotatable bonds is 5. The smallest absolute Gasteiger partial charge is 0.260 e. The monoisotopic (exact) mass is 540 g/mol. The maximum absolute atomic E-state index is 14.2. The molecule has 1 aliphatic heterocycles. The number of methoxy groups -OCH3 is 2. The molecule has 37 heavy (non-hydrogen) atoms. The Morgan fingerprint density at radius 1 is 1.05 bits per heavy atom. The highest BCUT2D eigenvalue weighted by molar-refractivity contribution is 6.39. The highest BCUT2D eigenvalue weighted by Gasteiger charge is 2.37. The summed E-state index contributed by atoms with van der Waals surface area (Å²) in [5.74, 6) is 0.804. The third kappa shape index (κ3) is 4.43. The molecule has 9 heteroatoms. The van der Waals surface area contributed by atoms with Crippen molar-refractivity contribution in [2.24, 2.45) is 0 Å². The highest BCUT2D eigenvalue weighted by Crippen LogP contribution is 2.43.